The van der Waals surface area contributed by atoms with Gasteiger partial charge in [0.15, 0.2) is 0 Å². The average Bonchev–Trinajstić information content (AvgIpc) is 2.24. The summed E-state index contributed by atoms with van der Waals surface area (Å²) in [5, 5.41) is 0. The molecule has 0 radical (unpaired) electrons. The first-order valence-electron chi connectivity index (χ1n) is 6.45. The van der Waals surface area contributed by atoms with Crippen molar-refractivity contribution >= 4 is 10.0 Å². The van der Waals surface area contributed by atoms with Crippen LogP contribution >= 0.6 is 0 Å². The molecule has 0 unspecified atom stereocenters. The second kappa shape index (κ2) is 5.02. The topological polar surface area (TPSA) is 37.4 Å². The highest BCUT2D eigenvalue weighted by molar-refractivity contribution is 7.89. The third-order valence-corrected chi connectivity index (χ3v) is 5.53. The van der Waals surface area contributed by atoms with E-state index in [0.717, 1.165) is 18.4 Å². The van der Waals surface area contributed by atoms with E-state index >= 15 is 0 Å². The molecule has 0 aromatic heterocycles. The summed E-state index contributed by atoms with van der Waals surface area (Å²) < 4.78 is 25.6. The number of aryl methyl sites for hydroxylation is 3. The van der Waals surface area contributed by atoms with Crippen LogP contribution in [0.15, 0.2) is 12.1 Å². The van der Waals surface area contributed by atoms with Crippen molar-refractivity contribution in [3.8, 4) is 0 Å². The lowest BCUT2D eigenvalue weighted by Crippen LogP contribution is -2.37. The monoisotopic (exact) mass is 267 g/mol. The maximum Gasteiger partial charge on any atom is 0.214 e. The van der Waals surface area contributed by atoms with Crippen LogP contribution in [0.4, 0.5) is 0 Å². The largest absolute Gasteiger partial charge is 0.214 e. The molecule has 1 aliphatic heterocycles. The molecule has 3 nitrogen and oxygen atoms in total. The number of nitrogens with zero attached hydrogens (tertiary/aromatic N) is 1. The molecule has 18 heavy (non-hydrogen) atoms. The van der Waals surface area contributed by atoms with Crippen LogP contribution in [-0.4, -0.2) is 25.0 Å². The first-order valence-corrected chi connectivity index (χ1v) is 8.05. The van der Waals surface area contributed by atoms with E-state index in [9.17, 15) is 8.42 Å². The van der Waals surface area contributed by atoms with Crippen molar-refractivity contribution in [3.63, 3.8) is 0 Å². The fourth-order valence-corrected chi connectivity index (χ4v) is 4.21. The Morgan fingerprint density at radius 2 is 1.72 bits per heavy atom. The van der Waals surface area contributed by atoms with Crippen molar-refractivity contribution in [1.29, 1.82) is 0 Å². The van der Waals surface area contributed by atoms with Gasteiger partial charge < -0.3 is 0 Å². The third kappa shape index (κ3) is 2.75. The minimum Gasteiger partial charge on any atom is -0.212 e. The number of benzene rings is 1. The lowest BCUT2D eigenvalue weighted by Gasteiger charge is -2.27. The second-order valence-corrected chi connectivity index (χ2v) is 7.32. The Bertz CT molecular complexity index is 526. The molecule has 1 heterocycles. The van der Waals surface area contributed by atoms with Crippen LogP contribution in [0.1, 0.15) is 35.1 Å². The predicted molar refractivity (Wildman–Crippen MR) is 74.1 cm³/mol. The molecule has 0 spiro atoms. The summed E-state index contributed by atoms with van der Waals surface area (Å²) in [7, 11) is -3.03. The Hall–Kier alpha value is -0.870. The summed E-state index contributed by atoms with van der Waals surface area (Å²) in [5.41, 5.74) is 4.77. The molecule has 0 N–H and O–H groups in total. The molecular weight excluding hydrogens is 246 g/mol. The normalized spacial score (nSPS) is 19.9. The molecule has 1 aromatic rings. The highest BCUT2D eigenvalue weighted by Gasteiger charge is 2.26. The van der Waals surface area contributed by atoms with E-state index in [1.165, 1.54) is 16.7 Å². The molecule has 0 atom stereocenters. The highest BCUT2D eigenvalue weighted by atomic mass is 32.2. The van der Waals surface area contributed by atoms with Gasteiger partial charge in [-0.05, 0) is 50.3 Å². The van der Waals surface area contributed by atoms with Gasteiger partial charge in [0, 0.05) is 13.1 Å². The van der Waals surface area contributed by atoms with Gasteiger partial charge in [0.1, 0.15) is 0 Å². The third-order valence-electron chi connectivity index (χ3n) is 3.63. The van der Waals surface area contributed by atoms with E-state index in [1.54, 1.807) is 4.31 Å². The van der Waals surface area contributed by atoms with Crippen molar-refractivity contribution in [2.75, 3.05) is 12.3 Å². The second-order valence-electron chi connectivity index (χ2n) is 5.23. The van der Waals surface area contributed by atoms with Gasteiger partial charge in [-0.25, -0.2) is 8.42 Å². The maximum absolute atomic E-state index is 12.0. The highest BCUT2D eigenvalue weighted by Crippen LogP contribution is 2.22. The number of sulfonamides is 1. The van der Waals surface area contributed by atoms with Crippen molar-refractivity contribution in [2.24, 2.45) is 0 Å². The molecule has 2 rings (SSSR count). The van der Waals surface area contributed by atoms with E-state index < -0.39 is 10.0 Å². The molecule has 1 saturated heterocycles. The fourth-order valence-electron chi connectivity index (χ4n) is 2.65. The van der Waals surface area contributed by atoms with E-state index in [0.29, 0.717) is 18.8 Å². The molecule has 0 bridgehead atoms. The van der Waals surface area contributed by atoms with Gasteiger partial charge in [-0.15, -0.1) is 0 Å². The Labute approximate surface area is 110 Å². The Morgan fingerprint density at radius 3 is 2.28 bits per heavy atom. The zero-order valence-corrected chi connectivity index (χ0v) is 12.2. The maximum atomic E-state index is 12.0. The molecule has 4 heteroatoms. The molecule has 1 aliphatic rings. The quantitative estimate of drug-likeness (QED) is 0.825. The molecule has 100 valence electrons. The average molecular weight is 267 g/mol. The van der Waals surface area contributed by atoms with Gasteiger partial charge >= 0.3 is 0 Å². The van der Waals surface area contributed by atoms with Crippen LogP contribution in [0.25, 0.3) is 0 Å². The van der Waals surface area contributed by atoms with Gasteiger partial charge in [-0.3, -0.25) is 0 Å². The van der Waals surface area contributed by atoms with E-state index in [4.69, 9.17) is 0 Å². The van der Waals surface area contributed by atoms with Crippen molar-refractivity contribution in [3.05, 3.63) is 34.4 Å². The zero-order chi connectivity index (χ0) is 13.3. The van der Waals surface area contributed by atoms with Crippen LogP contribution < -0.4 is 0 Å². The summed E-state index contributed by atoms with van der Waals surface area (Å²) in [6.45, 7) is 7.38. The smallest absolute Gasteiger partial charge is 0.212 e. The molecule has 1 aromatic carbocycles. The van der Waals surface area contributed by atoms with E-state index in [2.05, 4.69) is 32.9 Å². The van der Waals surface area contributed by atoms with Crippen LogP contribution in [0.5, 0.6) is 0 Å². The molecule has 0 aliphatic carbocycles. The van der Waals surface area contributed by atoms with Gasteiger partial charge in [0.25, 0.3) is 0 Å². The summed E-state index contributed by atoms with van der Waals surface area (Å²) in [5.74, 6) is 0.303. The lowest BCUT2D eigenvalue weighted by molar-refractivity contribution is 0.377. The predicted octanol–water partition coefficient (Wildman–Crippen LogP) is 2.54. The van der Waals surface area contributed by atoms with Crippen molar-refractivity contribution < 1.29 is 8.42 Å². The van der Waals surface area contributed by atoms with Crippen LogP contribution in [0.2, 0.25) is 0 Å². The molecule has 0 saturated carbocycles. The standard InChI is InChI=1S/C14H21NO2S/c1-11-8-12(2)14(13(3)9-11)10-15-6-4-5-7-18(15,16)17/h8-9H,4-7,10H2,1-3H3. The molecule has 0 amide bonds. The van der Waals surface area contributed by atoms with Crippen LogP contribution in [-0.2, 0) is 16.6 Å². The van der Waals surface area contributed by atoms with Crippen LogP contribution in [0, 0.1) is 20.8 Å². The first kappa shape index (κ1) is 13.6. The SMILES string of the molecule is Cc1cc(C)c(CN2CCCCS2(=O)=O)c(C)c1. The minimum absolute atomic E-state index is 0.303. The molecule has 1 fully saturated rings. The Morgan fingerprint density at radius 1 is 1.11 bits per heavy atom. The first-order chi connectivity index (χ1) is 8.40. The molecular formula is C14H21NO2S. The summed E-state index contributed by atoms with van der Waals surface area (Å²) in [6, 6.07) is 4.25. The number of rotatable bonds is 2. The zero-order valence-electron chi connectivity index (χ0n) is 11.4. The Balaban J connectivity index is 2.29. The van der Waals surface area contributed by atoms with Gasteiger partial charge in [-0.1, -0.05) is 17.7 Å². The summed E-state index contributed by atoms with van der Waals surface area (Å²) in [4.78, 5) is 0. The number of hydrogen-bond donors (Lipinski definition) is 0. The van der Waals surface area contributed by atoms with E-state index in [1.807, 2.05) is 0 Å². The van der Waals surface area contributed by atoms with Gasteiger partial charge in [0.05, 0.1) is 5.75 Å². The fraction of sp³-hybridized carbons (Fsp3) is 0.571. The number of hydrogen-bond acceptors (Lipinski definition) is 2. The Kier molecular flexibility index (Phi) is 3.78. The van der Waals surface area contributed by atoms with Crippen LogP contribution in [0.3, 0.4) is 0 Å². The van der Waals surface area contributed by atoms with Gasteiger partial charge in [0.2, 0.25) is 10.0 Å². The lowest BCUT2D eigenvalue weighted by atomic mass is 10.00. The van der Waals surface area contributed by atoms with E-state index in [-0.39, 0.29) is 0 Å². The summed E-state index contributed by atoms with van der Waals surface area (Å²) >= 11 is 0. The van der Waals surface area contributed by atoms with Crippen molar-refractivity contribution in [2.45, 2.75) is 40.2 Å². The summed E-state index contributed by atoms with van der Waals surface area (Å²) in [6.07, 6.45) is 1.77. The van der Waals surface area contributed by atoms with Gasteiger partial charge in [-0.2, -0.15) is 4.31 Å². The van der Waals surface area contributed by atoms with Crippen molar-refractivity contribution in [1.82, 2.24) is 4.31 Å². The minimum atomic E-state index is -3.03.